The number of benzene rings is 1. The van der Waals surface area contributed by atoms with E-state index in [1.807, 2.05) is 7.05 Å². The molecule has 2 aromatic heterocycles. The number of fused-ring (bicyclic) bond motifs is 1. The first-order chi connectivity index (χ1) is 15.4. The van der Waals surface area contributed by atoms with Gasteiger partial charge in [-0.25, -0.2) is 0 Å². The number of hydrogen-bond donors (Lipinski definition) is 1. The molecule has 4 rings (SSSR count). The summed E-state index contributed by atoms with van der Waals surface area (Å²) in [5, 5.41) is 22.8. The molecule has 1 aromatic carbocycles. The van der Waals surface area contributed by atoms with Crippen molar-refractivity contribution in [2.24, 2.45) is 13.0 Å². The average Bonchev–Trinajstić information content (AvgIpc) is 3.30. The highest BCUT2D eigenvalue weighted by molar-refractivity contribution is 7.99. The van der Waals surface area contributed by atoms with Crippen molar-refractivity contribution in [3.05, 3.63) is 51.1 Å². The van der Waals surface area contributed by atoms with Crippen LogP contribution < -0.4 is 10.1 Å². The Morgan fingerprint density at radius 3 is 2.94 bits per heavy atom. The second-order valence-corrected chi connectivity index (χ2v) is 10.2. The summed E-state index contributed by atoms with van der Waals surface area (Å²) in [4.78, 5) is 13.8. The van der Waals surface area contributed by atoms with Crippen molar-refractivity contribution in [2.75, 3.05) is 11.1 Å². The van der Waals surface area contributed by atoms with Crippen LogP contribution in [0.3, 0.4) is 0 Å². The normalized spacial score (nSPS) is 15.1. The van der Waals surface area contributed by atoms with Crippen molar-refractivity contribution in [1.82, 2.24) is 14.8 Å². The zero-order valence-electron chi connectivity index (χ0n) is 17.7. The van der Waals surface area contributed by atoms with Crippen LogP contribution in [0.15, 0.2) is 29.4 Å². The number of amides is 1. The van der Waals surface area contributed by atoms with Crippen molar-refractivity contribution in [2.45, 2.75) is 37.9 Å². The molecule has 1 aliphatic rings. The van der Waals surface area contributed by atoms with Crippen molar-refractivity contribution >= 4 is 45.6 Å². The highest BCUT2D eigenvalue weighted by Crippen LogP contribution is 2.39. The first kappa shape index (κ1) is 22.6. The number of nitriles is 1. The fourth-order valence-corrected chi connectivity index (χ4v) is 5.76. The number of nitrogens with zero attached hydrogens (tertiary/aromatic N) is 4. The second kappa shape index (κ2) is 9.94. The van der Waals surface area contributed by atoms with E-state index in [-0.39, 0.29) is 18.3 Å². The Morgan fingerprint density at radius 2 is 2.19 bits per heavy atom. The SMILES string of the molecule is C[C@@H]1CCc2c(sc(NC(=O)CSc3nnc(COc4ccc(Cl)cc4)n3C)c2C#N)C1. The molecular formula is C22H22ClN5O2S2. The van der Waals surface area contributed by atoms with Crippen LogP contribution in [0.25, 0.3) is 0 Å². The highest BCUT2D eigenvalue weighted by atomic mass is 35.5. The molecule has 7 nitrogen and oxygen atoms in total. The van der Waals surface area contributed by atoms with Gasteiger partial charge >= 0.3 is 0 Å². The number of rotatable bonds is 7. The Balaban J connectivity index is 1.34. The number of thioether (sulfide) groups is 1. The lowest BCUT2D eigenvalue weighted by Gasteiger charge is -2.17. The number of carbonyl (C=O) groups excluding carboxylic acids is 1. The zero-order chi connectivity index (χ0) is 22.7. The lowest BCUT2D eigenvalue weighted by atomic mass is 9.89. The third-order valence-electron chi connectivity index (χ3n) is 5.32. The van der Waals surface area contributed by atoms with Crippen LogP contribution in [0, 0.1) is 17.2 Å². The Kier molecular flexibility index (Phi) is 7.04. The Labute approximate surface area is 199 Å². The summed E-state index contributed by atoms with van der Waals surface area (Å²) in [7, 11) is 1.84. The van der Waals surface area contributed by atoms with Gasteiger partial charge in [-0.3, -0.25) is 4.79 Å². The highest BCUT2D eigenvalue weighted by Gasteiger charge is 2.24. The van der Waals surface area contributed by atoms with Gasteiger partial charge in [-0.05, 0) is 55.0 Å². The van der Waals surface area contributed by atoms with Crippen molar-refractivity contribution in [1.29, 1.82) is 5.26 Å². The monoisotopic (exact) mass is 487 g/mol. The quantitative estimate of drug-likeness (QED) is 0.479. The first-order valence-electron chi connectivity index (χ1n) is 10.2. The van der Waals surface area contributed by atoms with E-state index >= 15 is 0 Å². The molecule has 1 amide bonds. The van der Waals surface area contributed by atoms with Gasteiger partial charge in [-0.15, -0.1) is 21.5 Å². The van der Waals surface area contributed by atoms with Gasteiger partial charge in [0.15, 0.2) is 11.0 Å². The second-order valence-electron chi connectivity index (χ2n) is 7.70. The lowest BCUT2D eigenvalue weighted by Crippen LogP contribution is -2.14. The van der Waals surface area contributed by atoms with E-state index in [4.69, 9.17) is 16.3 Å². The molecule has 0 unspecified atom stereocenters. The van der Waals surface area contributed by atoms with Crippen LogP contribution in [0.5, 0.6) is 5.75 Å². The summed E-state index contributed by atoms with van der Waals surface area (Å²) < 4.78 is 7.52. The largest absolute Gasteiger partial charge is 0.486 e. The van der Waals surface area contributed by atoms with Crippen LogP contribution in [0.2, 0.25) is 5.02 Å². The molecule has 1 N–H and O–H groups in total. The molecule has 3 aromatic rings. The van der Waals surface area contributed by atoms with E-state index in [2.05, 4.69) is 28.5 Å². The molecule has 0 bridgehead atoms. The number of anilines is 1. The predicted molar refractivity (Wildman–Crippen MR) is 126 cm³/mol. The van der Waals surface area contributed by atoms with Crippen LogP contribution in [0.4, 0.5) is 5.00 Å². The maximum atomic E-state index is 12.6. The molecule has 10 heteroatoms. The molecule has 0 saturated carbocycles. The minimum Gasteiger partial charge on any atom is -0.486 e. The predicted octanol–water partition coefficient (Wildman–Crippen LogP) is 4.84. The maximum Gasteiger partial charge on any atom is 0.235 e. The summed E-state index contributed by atoms with van der Waals surface area (Å²) in [6.07, 6.45) is 2.96. The Bertz CT molecular complexity index is 1170. The Hall–Kier alpha value is -2.54. The molecule has 1 atom stereocenters. The van der Waals surface area contributed by atoms with Gasteiger partial charge in [0.05, 0.1) is 11.3 Å². The van der Waals surface area contributed by atoms with Crippen LogP contribution in [-0.2, 0) is 31.3 Å². The van der Waals surface area contributed by atoms with Crippen LogP contribution >= 0.6 is 34.7 Å². The summed E-state index contributed by atoms with van der Waals surface area (Å²) in [6.45, 7) is 2.47. The van der Waals surface area contributed by atoms with Crippen molar-refractivity contribution < 1.29 is 9.53 Å². The Morgan fingerprint density at radius 1 is 1.41 bits per heavy atom. The first-order valence-corrected chi connectivity index (χ1v) is 12.4. The summed E-state index contributed by atoms with van der Waals surface area (Å²) in [5.41, 5.74) is 1.73. The van der Waals surface area contributed by atoms with Crippen LogP contribution in [0.1, 0.15) is 35.2 Å². The molecule has 0 fully saturated rings. The third kappa shape index (κ3) is 5.09. The van der Waals surface area contributed by atoms with Gasteiger partial charge in [0.2, 0.25) is 5.91 Å². The molecule has 0 saturated heterocycles. The molecule has 0 aliphatic heterocycles. The minimum atomic E-state index is -0.167. The number of thiophene rings is 1. The zero-order valence-corrected chi connectivity index (χ0v) is 20.1. The standard InChI is InChI=1S/C22H22ClN5O2S2/c1-13-3-8-16-17(10-24)21(32-18(16)9-13)25-20(29)12-31-22-27-26-19(28(22)2)11-30-15-6-4-14(23)5-7-15/h4-7,13H,3,8-9,11-12H2,1-2H3,(H,25,29)/t13-/m1/s1. The number of hydrogen-bond acceptors (Lipinski definition) is 7. The van der Waals surface area contributed by atoms with Gasteiger partial charge in [0, 0.05) is 16.9 Å². The molecular weight excluding hydrogens is 466 g/mol. The van der Waals surface area contributed by atoms with E-state index in [1.54, 1.807) is 28.8 Å². The van der Waals surface area contributed by atoms with Gasteiger partial charge in [-0.1, -0.05) is 30.3 Å². The number of ether oxygens (including phenoxy) is 1. The molecule has 166 valence electrons. The number of aromatic nitrogens is 3. The minimum absolute atomic E-state index is 0.167. The van der Waals surface area contributed by atoms with E-state index in [9.17, 15) is 10.1 Å². The van der Waals surface area contributed by atoms with Crippen molar-refractivity contribution in [3.8, 4) is 11.8 Å². The summed E-state index contributed by atoms with van der Waals surface area (Å²) in [5.74, 6) is 1.95. The van der Waals surface area contributed by atoms with Gasteiger partial charge < -0.3 is 14.6 Å². The van der Waals surface area contributed by atoms with E-state index in [1.165, 1.54) is 28.0 Å². The van der Waals surface area contributed by atoms with Crippen LogP contribution in [-0.4, -0.2) is 26.4 Å². The van der Waals surface area contributed by atoms with Gasteiger partial charge in [-0.2, -0.15) is 5.26 Å². The van der Waals surface area contributed by atoms with E-state index in [0.29, 0.717) is 38.2 Å². The fourth-order valence-electron chi connectivity index (χ4n) is 3.53. The lowest BCUT2D eigenvalue weighted by molar-refractivity contribution is -0.113. The van der Waals surface area contributed by atoms with Gasteiger partial charge in [0.25, 0.3) is 0 Å². The number of halogens is 1. The van der Waals surface area contributed by atoms with E-state index < -0.39 is 0 Å². The topological polar surface area (TPSA) is 92.8 Å². The molecule has 0 spiro atoms. The molecule has 2 heterocycles. The number of nitrogens with one attached hydrogen (secondary N) is 1. The summed E-state index contributed by atoms with van der Waals surface area (Å²) >= 11 is 8.71. The summed E-state index contributed by atoms with van der Waals surface area (Å²) in [6, 6.07) is 9.38. The smallest absolute Gasteiger partial charge is 0.235 e. The van der Waals surface area contributed by atoms with Gasteiger partial charge in [0.1, 0.15) is 23.4 Å². The van der Waals surface area contributed by atoms with Crippen molar-refractivity contribution in [3.63, 3.8) is 0 Å². The number of carbonyl (C=O) groups is 1. The van der Waals surface area contributed by atoms with E-state index in [0.717, 1.165) is 24.8 Å². The molecule has 1 aliphatic carbocycles. The third-order valence-corrected chi connectivity index (χ3v) is 7.76. The molecule has 32 heavy (non-hydrogen) atoms. The fraction of sp³-hybridized carbons (Fsp3) is 0.364. The molecule has 0 radical (unpaired) electrons. The average molecular weight is 488 g/mol. The maximum absolute atomic E-state index is 12.6.